The van der Waals surface area contributed by atoms with Crippen molar-refractivity contribution in [2.75, 3.05) is 12.4 Å². The highest BCUT2D eigenvalue weighted by Crippen LogP contribution is 2.29. The van der Waals surface area contributed by atoms with Crippen LogP contribution in [0, 0.1) is 5.92 Å². The fourth-order valence-corrected chi connectivity index (χ4v) is 2.64. The van der Waals surface area contributed by atoms with Crippen LogP contribution in [-0.4, -0.2) is 52.4 Å². The lowest BCUT2D eigenvalue weighted by Gasteiger charge is -2.20. The normalized spacial score (nSPS) is 29.2. The van der Waals surface area contributed by atoms with E-state index in [-0.39, 0.29) is 23.7 Å². The summed E-state index contributed by atoms with van der Waals surface area (Å²) in [5, 5.41) is 33.2. The Labute approximate surface area is 158 Å². The molecule has 4 N–H and O–H groups in total. The van der Waals surface area contributed by atoms with Crippen LogP contribution < -0.4 is 5.32 Å². The zero-order valence-corrected chi connectivity index (χ0v) is 15.5. The molecule has 0 aromatic heterocycles. The van der Waals surface area contributed by atoms with Gasteiger partial charge in [-0.05, 0) is 31.1 Å². The van der Waals surface area contributed by atoms with Crippen molar-refractivity contribution >= 4 is 23.5 Å². The van der Waals surface area contributed by atoms with Gasteiger partial charge in [0, 0.05) is 24.7 Å². The fourth-order valence-electron chi connectivity index (χ4n) is 2.64. The second kappa shape index (κ2) is 8.83. The number of carbonyl (C=O) groups is 2. The van der Waals surface area contributed by atoms with Gasteiger partial charge in [-0.3, -0.25) is 4.79 Å². The lowest BCUT2D eigenvalue weighted by Crippen LogP contribution is -2.32. The van der Waals surface area contributed by atoms with E-state index in [0.717, 1.165) is 0 Å². The molecule has 0 saturated heterocycles. The molecule has 7 heteroatoms. The maximum atomic E-state index is 12.6. The second-order valence-electron chi connectivity index (χ2n) is 6.59. The topological polar surface area (TPSA) is 116 Å². The summed E-state index contributed by atoms with van der Waals surface area (Å²) in [6.07, 6.45) is 2.34. The van der Waals surface area contributed by atoms with Crippen LogP contribution in [0.5, 0.6) is 5.75 Å². The van der Waals surface area contributed by atoms with E-state index < -0.39 is 30.1 Å². The number of ether oxygens (including phenoxy) is 1. The van der Waals surface area contributed by atoms with E-state index in [1.165, 1.54) is 30.4 Å². The number of fused-ring (bicyclic) bond motifs is 1. The highest BCUT2D eigenvalue weighted by molar-refractivity contribution is 5.97. The van der Waals surface area contributed by atoms with E-state index in [1.807, 2.05) is 0 Å². The number of carbonyl (C=O) groups excluding carboxylic acids is 2. The summed E-state index contributed by atoms with van der Waals surface area (Å²) in [4.78, 5) is 24.6. The number of rotatable bonds is 1. The van der Waals surface area contributed by atoms with Crippen LogP contribution >= 0.6 is 0 Å². The first kappa shape index (κ1) is 20.7. The van der Waals surface area contributed by atoms with Crippen LogP contribution in [0.15, 0.2) is 30.4 Å². The molecule has 1 aliphatic heterocycles. The maximum Gasteiger partial charge on any atom is 0.342 e. The number of phenolic OH excluding ortho intramolecular Hbond substituents is 1. The third kappa shape index (κ3) is 4.96. The van der Waals surface area contributed by atoms with Crippen molar-refractivity contribution in [3.8, 4) is 5.75 Å². The molecule has 0 radical (unpaired) electrons. The van der Waals surface area contributed by atoms with E-state index in [2.05, 4.69) is 5.32 Å². The van der Waals surface area contributed by atoms with Gasteiger partial charge < -0.3 is 25.4 Å². The number of phenols is 1. The predicted octanol–water partition coefficient (Wildman–Crippen LogP) is 1.88. The number of nitrogens with one attached hydrogen (secondary N) is 1. The predicted molar refractivity (Wildman–Crippen MR) is 102 cm³/mol. The monoisotopic (exact) mass is 375 g/mol. The molecule has 27 heavy (non-hydrogen) atoms. The molecule has 2 rings (SSSR count). The average molecular weight is 375 g/mol. The summed E-state index contributed by atoms with van der Waals surface area (Å²) < 4.78 is 5.44. The second-order valence-corrected chi connectivity index (χ2v) is 6.59. The smallest absolute Gasteiger partial charge is 0.342 e. The number of aromatic hydroxyl groups is 1. The zero-order valence-electron chi connectivity index (χ0n) is 15.5. The van der Waals surface area contributed by atoms with Gasteiger partial charge in [0.1, 0.15) is 23.5 Å². The van der Waals surface area contributed by atoms with Crippen molar-refractivity contribution < 1.29 is 29.6 Å². The first-order valence-corrected chi connectivity index (χ1v) is 8.75. The first-order valence-electron chi connectivity index (χ1n) is 8.75. The molecular formula is C20H25NO6. The number of anilines is 1. The molecular weight excluding hydrogens is 350 g/mol. The average Bonchev–Trinajstić information content (AvgIpc) is 2.63. The number of benzene rings is 1. The molecule has 1 aromatic rings. The number of cyclic esters (lactones) is 1. The number of aliphatic hydroxyl groups excluding tert-OH is 2. The van der Waals surface area contributed by atoms with Crippen molar-refractivity contribution in [3.63, 3.8) is 0 Å². The summed E-state index contributed by atoms with van der Waals surface area (Å²) in [5.41, 5.74) is 0.992. The molecule has 0 amide bonds. The largest absolute Gasteiger partial charge is 0.507 e. The molecule has 146 valence electrons. The SMILES string of the molecule is CNc1cc(O)c2c(c1)/C=C/C[C@H](O)[C@H](O)C(=O)/C=C/[C@@H](C)[C@H](C)OC2=O. The Bertz CT molecular complexity index is 770. The van der Waals surface area contributed by atoms with Crippen LogP contribution in [0.4, 0.5) is 5.69 Å². The molecule has 0 spiro atoms. The highest BCUT2D eigenvalue weighted by Gasteiger charge is 2.25. The Kier molecular flexibility index (Phi) is 6.76. The summed E-state index contributed by atoms with van der Waals surface area (Å²) in [7, 11) is 1.67. The van der Waals surface area contributed by atoms with Gasteiger partial charge in [0.2, 0.25) is 0 Å². The molecule has 1 heterocycles. The van der Waals surface area contributed by atoms with Crippen LogP contribution in [0.1, 0.15) is 36.2 Å². The Morgan fingerprint density at radius 1 is 1.15 bits per heavy atom. The molecule has 1 aromatic carbocycles. The molecule has 7 nitrogen and oxygen atoms in total. The van der Waals surface area contributed by atoms with E-state index in [1.54, 1.807) is 27.0 Å². The van der Waals surface area contributed by atoms with E-state index in [4.69, 9.17) is 4.74 Å². The number of esters is 1. The molecule has 0 aliphatic carbocycles. The molecule has 0 fully saturated rings. The van der Waals surface area contributed by atoms with Crippen molar-refractivity contribution in [2.45, 2.75) is 38.6 Å². The Hall–Kier alpha value is -2.64. The lowest BCUT2D eigenvalue weighted by atomic mass is 9.99. The lowest BCUT2D eigenvalue weighted by molar-refractivity contribution is -0.127. The van der Waals surface area contributed by atoms with Gasteiger partial charge in [0.15, 0.2) is 5.78 Å². The summed E-state index contributed by atoms with van der Waals surface area (Å²) in [6, 6.07) is 3.07. The summed E-state index contributed by atoms with van der Waals surface area (Å²) in [5.74, 6) is -1.85. The molecule has 4 atom stereocenters. The molecule has 0 unspecified atom stereocenters. The molecule has 1 aliphatic rings. The van der Waals surface area contributed by atoms with Crippen LogP contribution in [0.3, 0.4) is 0 Å². The minimum Gasteiger partial charge on any atom is -0.507 e. The van der Waals surface area contributed by atoms with Gasteiger partial charge >= 0.3 is 5.97 Å². The quantitative estimate of drug-likeness (QED) is 0.554. The molecule has 0 saturated carbocycles. The fraction of sp³-hybridized carbons (Fsp3) is 0.400. The molecule has 0 bridgehead atoms. The number of aliphatic hydroxyl groups is 2. The minimum absolute atomic E-state index is 0.00820. The van der Waals surface area contributed by atoms with Gasteiger partial charge in [-0.2, -0.15) is 0 Å². The van der Waals surface area contributed by atoms with Crippen LogP contribution in [0.25, 0.3) is 6.08 Å². The van der Waals surface area contributed by atoms with Crippen LogP contribution in [0.2, 0.25) is 0 Å². The zero-order chi connectivity index (χ0) is 20.1. The van der Waals surface area contributed by atoms with Crippen molar-refractivity contribution in [2.24, 2.45) is 5.92 Å². The van der Waals surface area contributed by atoms with Gasteiger partial charge in [0.05, 0.1) is 6.10 Å². The first-order chi connectivity index (χ1) is 12.7. The summed E-state index contributed by atoms with van der Waals surface area (Å²) in [6.45, 7) is 3.42. The van der Waals surface area contributed by atoms with Crippen LogP contribution in [-0.2, 0) is 9.53 Å². The van der Waals surface area contributed by atoms with Gasteiger partial charge in [0.25, 0.3) is 0 Å². The highest BCUT2D eigenvalue weighted by atomic mass is 16.5. The third-order valence-electron chi connectivity index (χ3n) is 4.57. The minimum atomic E-state index is -1.55. The number of hydrogen-bond acceptors (Lipinski definition) is 7. The van der Waals surface area contributed by atoms with Gasteiger partial charge in [-0.1, -0.05) is 25.2 Å². The van der Waals surface area contributed by atoms with Crippen molar-refractivity contribution in [1.29, 1.82) is 0 Å². The van der Waals surface area contributed by atoms with Crippen molar-refractivity contribution in [3.05, 3.63) is 41.5 Å². The Morgan fingerprint density at radius 2 is 1.85 bits per heavy atom. The van der Waals surface area contributed by atoms with Gasteiger partial charge in [-0.25, -0.2) is 4.79 Å². The summed E-state index contributed by atoms with van der Waals surface area (Å²) >= 11 is 0. The Morgan fingerprint density at radius 3 is 2.52 bits per heavy atom. The maximum absolute atomic E-state index is 12.6. The number of ketones is 1. The Balaban J connectivity index is 2.50. The standard InChI is InChI=1S/C20H25NO6/c1-11-7-8-16(23)19(25)15(22)6-4-5-13-9-14(21-3)10-17(24)18(13)20(26)27-12(11)2/h4-5,7-12,15,19,21-22,24-25H,6H2,1-3H3/b5-4+,8-7+/t11-,12+,15+,19+/m1/s1. The van der Waals surface area contributed by atoms with Crippen molar-refractivity contribution in [1.82, 2.24) is 0 Å². The van der Waals surface area contributed by atoms with E-state index in [9.17, 15) is 24.9 Å². The van der Waals surface area contributed by atoms with E-state index in [0.29, 0.717) is 11.3 Å². The van der Waals surface area contributed by atoms with Gasteiger partial charge in [-0.15, -0.1) is 0 Å². The number of hydrogen-bond donors (Lipinski definition) is 4. The van der Waals surface area contributed by atoms with E-state index >= 15 is 0 Å². The third-order valence-corrected chi connectivity index (χ3v) is 4.57.